The number of hydrogen-bond acceptors (Lipinski definition) is 5. The summed E-state index contributed by atoms with van der Waals surface area (Å²) in [4.78, 5) is 18.2. The Morgan fingerprint density at radius 2 is 1.81 bits per heavy atom. The average molecular weight is 450 g/mol. The summed E-state index contributed by atoms with van der Waals surface area (Å²) in [6, 6.07) is 20.1. The van der Waals surface area contributed by atoms with Crippen LogP contribution in [0.2, 0.25) is 0 Å². The Labute approximate surface area is 189 Å². The van der Waals surface area contributed by atoms with Gasteiger partial charge in [-0.1, -0.05) is 48.0 Å². The number of aliphatic carboxylic acids is 1. The van der Waals surface area contributed by atoms with E-state index >= 15 is 0 Å². The summed E-state index contributed by atoms with van der Waals surface area (Å²) in [5, 5.41) is 12.3. The van der Waals surface area contributed by atoms with Crippen molar-refractivity contribution < 1.29 is 14.6 Å². The Morgan fingerprint density at radius 3 is 2.45 bits per heavy atom. The van der Waals surface area contributed by atoms with E-state index in [9.17, 15) is 9.90 Å². The van der Waals surface area contributed by atoms with Crippen molar-refractivity contribution in [2.24, 2.45) is 0 Å². The molecule has 2 aromatic heterocycles. The molecule has 4 aromatic rings. The van der Waals surface area contributed by atoms with E-state index in [1.807, 2.05) is 48.7 Å². The van der Waals surface area contributed by atoms with Crippen LogP contribution in [-0.4, -0.2) is 16.1 Å². The van der Waals surface area contributed by atoms with Gasteiger partial charge in [-0.25, -0.2) is 4.98 Å². The number of carboxylic acids is 1. The van der Waals surface area contributed by atoms with Crippen LogP contribution in [0.4, 0.5) is 0 Å². The molecular weight excluding hydrogens is 426 g/mol. The van der Waals surface area contributed by atoms with Crippen molar-refractivity contribution in [3.63, 3.8) is 0 Å². The molecule has 2 aromatic carbocycles. The maximum atomic E-state index is 11.3. The second-order valence-electron chi connectivity index (χ2n) is 7.42. The van der Waals surface area contributed by atoms with Crippen LogP contribution in [0, 0.1) is 13.8 Å². The number of carbonyl (C=O) groups is 1. The van der Waals surface area contributed by atoms with Gasteiger partial charge in [0.25, 0.3) is 0 Å². The van der Waals surface area contributed by atoms with Crippen LogP contribution in [0.15, 0.2) is 66.0 Å². The number of benzene rings is 2. The summed E-state index contributed by atoms with van der Waals surface area (Å²) in [5.74, 6) is -0.190. The summed E-state index contributed by atoms with van der Waals surface area (Å²) in [7, 11) is 0. The first-order valence-electron chi connectivity index (χ1n) is 10.0. The maximum absolute atomic E-state index is 11.3. The number of rotatable bonds is 8. The van der Waals surface area contributed by atoms with Gasteiger partial charge >= 0.3 is 5.97 Å². The number of thiophene rings is 1. The first-order valence-corrected chi connectivity index (χ1v) is 11.7. The van der Waals surface area contributed by atoms with Crippen LogP contribution in [0.25, 0.3) is 10.6 Å². The SMILES string of the molecule is Cc1ccc(-c2nc(C)c(COc3ccc(C(CC(=O)O)c4cccs4)cc3)s2)cc1. The lowest BCUT2D eigenvalue weighted by Crippen LogP contribution is -2.06. The van der Waals surface area contributed by atoms with Gasteiger partial charge in [-0.3, -0.25) is 4.79 Å². The van der Waals surface area contributed by atoms with Gasteiger partial charge < -0.3 is 9.84 Å². The highest BCUT2D eigenvalue weighted by atomic mass is 32.1. The van der Waals surface area contributed by atoms with Crippen molar-refractivity contribution >= 4 is 28.6 Å². The van der Waals surface area contributed by atoms with Gasteiger partial charge in [-0.2, -0.15) is 0 Å². The molecule has 0 aliphatic heterocycles. The number of aryl methyl sites for hydroxylation is 2. The van der Waals surface area contributed by atoms with E-state index in [-0.39, 0.29) is 12.3 Å². The first kappa shape index (κ1) is 21.3. The summed E-state index contributed by atoms with van der Waals surface area (Å²) < 4.78 is 6.00. The van der Waals surface area contributed by atoms with E-state index in [0.717, 1.165) is 37.3 Å². The lowest BCUT2D eigenvalue weighted by molar-refractivity contribution is -0.137. The van der Waals surface area contributed by atoms with Gasteiger partial charge in [-0.15, -0.1) is 22.7 Å². The Bertz CT molecular complexity index is 1150. The quantitative estimate of drug-likeness (QED) is 0.326. The number of carboxylic acid groups (broad SMARTS) is 1. The van der Waals surface area contributed by atoms with Crippen LogP contribution in [0.5, 0.6) is 5.75 Å². The Hall–Kier alpha value is -2.96. The van der Waals surface area contributed by atoms with E-state index in [1.54, 1.807) is 22.7 Å². The number of aromatic nitrogens is 1. The smallest absolute Gasteiger partial charge is 0.304 e. The fourth-order valence-corrected chi connectivity index (χ4v) is 5.21. The van der Waals surface area contributed by atoms with E-state index in [1.165, 1.54) is 5.56 Å². The zero-order chi connectivity index (χ0) is 21.8. The van der Waals surface area contributed by atoms with E-state index in [0.29, 0.717) is 6.61 Å². The molecule has 6 heteroatoms. The van der Waals surface area contributed by atoms with Crippen molar-refractivity contribution in [3.05, 3.63) is 92.6 Å². The van der Waals surface area contributed by atoms with Crippen LogP contribution >= 0.6 is 22.7 Å². The van der Waals surface area contributed by atoms with Crippen LogP contribution < -0.4 is 4.74 Å². The fraction of sp³-hybridized carbons (Fsp3) is 0.200. The molecule has 0 bridgehead atoms. The number of ether oxygens (including phenoxy) is 1. The molecule has 0 aliphatic carbocycles. The third kappa shape index (κ3) is 5.21. The van der Waals surface area contributed by atoms with Crippen LogP contribution in [0.3, 0.4) is 0 Å². The van der Waals surface area contributed by atoms with Crippen molar-refractivity contribution in [1.82, 2.24) is 4.98 Å². The van der Waals surface area contributed by atoms with Crippen molar-refractivity contribution in [1.29, 1.82) is 0 Å². The zero-order valence-corrected chi connectivity index (χ0v) is 19.0. The van der Waals surface area contributed by atoms with E-state index < -0.39 is 5.97 Å². The molecule has 0 aliphatic rings. The highest BCUT2D eigenvalue weighted by Gasteiger charge is 2.19. The molecule has 2 heterocycles. The molecule has 0 radical (unpaired) electrons. The molecule has 1 N–H and O–H groups in total. The Balaban J connectivity index is 1.45. The van der Waals surface area contributed by atoms with Crippen molar-refractivity contribution in [2.45, 2.75) is 32.8 Å². The summed E-state index contributed by atoms with van der Waals surface area (Å²) in [6.07, 6.45) is 0.0720. The summed E-state index contributed by atoms with van der Waals surface area (Å²) in [5.41, 5.74) is 4.31. The highest BCUT2D eigenvalue weighted by molar-refractivity contribution is 7.15. The van der Waals surface area contributed by atoms with Crippen molar-refractivity contribution in [2.75, 3.05) is 0 Å². The minimum absolute atomic E-state index is 0.0720. The zero-order valence-electron chi connectivity index (χ0n) is 17.4. The highest BCUT2D eigenvalue weighted by Crippen LogP contribution is 2.33. The molecule has 31 heavy (non-hydrogen) atoms. The second-order valence-corrected chi connectivity index (χ2v) is 9.48. The summed E-state index contributed by atoms with van der Waals surface area (Å²) >= 11 is 3.23. The lowest BCUT2D eigenvalue weighted by Gasteiger charge is -2.14. The first-order chi connectivity index (χ1) is 15.0. The third-order valence-corrected chi connectivity index (χ3v) is 7.27. The van der Waals surface area contributed by atoms with Gasteiger partial charge in [0, 0.05) is 16.4 Å². The predicted octanol–water partition coefficient (Wildman–Crippen LogP) is 6.67. The lowest BCUT2D eigenvalue weighted by atomic mass is 9.94. The molecule has 0 fully saturated rings. The average Bonchev–Trinajstić information content (AvgIpc) is 3.41. The molecule has 0 saturated carbocycles. The molecule has 1 atom stereocenters. The van der Waals surface area contributed by atoms with Crippen LogP contribution in [0.1, 0.15) is 38.9 Å². The monoisotopic (exact) mass is 449 g/mol. The molecule has 0 spiro atoms. The van der Waals surface area contributed by atoms with Gasteiger partial charge in [0.15, 0.2) is 0 Å². The molecular formula is C25H23NO3S2. The largest absolute Gasteiger partial charge is 0.488 e. The minimum Gasteiger partial charge on any atom is -0.488 e. The van der Waals surface area contributed by atoms with Crippen molar-refractivity contribution in [3.8, 4) is 16.3 Å². The van der Waals surface area contributed by atoms with E-state index in [2.05, 4.69) is 31.2 Å². The number of nitrogens with zero attached hydrogens (tertiary/aromatic N) is 1. The number of hydrogen-bond donors (Lipinski definition) is 1. The van der Waals surface area contributed by atoms with Gasteiger partial charge in [0.2, 0.25) is 0 Å². The Kier molecular flexibility index (Phi) is 6.49. The normalized spacial score (nSPS) is 11.9. The Morgan fingerprint density at radius 1 is 1.06 bits per heavy atom. The van der Waals surface area contributed by atoms with Crippen LogP contribution in [-0.2, 0) is 11.4 Å². The van der Waals surface area contributed by atoms with Gasteiger partial charge in [0.05, 0.1) is 17.0 Å². The molecule has 4 nitrogen and oxygen atoms in total. The standard InChI is InChI=1S/C25H23NO3S2/c1-16-5-7-19(8-6-16)25-26-17(2)23(31-25)15-29-20-11-9-18(10-12-20)21(14-24(27)28)22-4-3-13-30-22/h3-13,21H,14-15H2,1-2H3,(H,27,28). The molecule has 0 saturated heterocycles. The van der Waals surface area contributed by atoms with Gasteiger partial charge in [0.1, 0.15) is 17.4 Å². The molecule has 0 amide bonds. The predicted molar refractivity (Wildman–Crippen MR) is 126 cm³/mol. The molecule has 158 valence electrons. The molecule has 1 unspecified atom stereocenters. The minimum atomic E-state index is -0.802. The second kappa shape index (κ2) is 9.45. The topological polar surface area (TPSA) is 59.4 Å². The molecule has 4 rings (SSSR count). The third-order valence-electron chi connectivity index (χ3n) is 5.11. The maximum Gasteiger partial charge on any atom is 0.304 e. The van der Waals surface area contributed by atoms with Gasteiger partial charge in [-0.05, 0) is 43.0 Å². The van der Waals surface area contributed by atoms with E-state index in [4.69, 9.17) is 9.72 Å². The summed E-state index contributed by atoms with van der Waals surface area (Å²) in [6.45, 7) is 4.54. The fourth-order valence-electron chi connectivity index (χ4n) is 3.37. The number of thiazole rings is 1.